The summed E-state index contributed by atoms with van der Waals surface area (Å²) in [7, 11) is 0. The van der Waals surface area contributed by atoms with Crippen molar-refractivity contribution in [3.8, 4) is 0 Å². The summed E-state index contributed by atoms with van der Waals surface area (Å²) in [4.78, 5) is 15.1. The van der Waals surface area contributed by atoms with E-state index in [9.17, 15) is 4.79 Å². The molecule has 0 fully saturated rings. The number of nitrogen functional groups attached to an aromatic ring is 3. The molecule has 0 spiro atoms. The zero-order valence-corrected chi connectivity index (χ0v) is 14.1. The van der Waals surface area contributed by atoms with Crippen molar-refractivity contribution >= 4 is 29.4 Å². The number of amides is 1. The third-order valence-electron chi connectivity index (χ3n) is 3.71. The summed E-state index contributed by atoms with van der Waals surface area (Å²) in [6.07, 6.45) is 3.35. The average molecular weight is 354 g/mol. The van der Waals surface area contributed by atoms with Gasteiger partial charge in [0.2, 0.25) is 5.91 Å². The minimum absolute atomic E-state index is 0.286. The van der Waals surface area contributed by atoms with Gasteiger partial charge in [-0.1, -0.05) is 12.1 Å². The van der Waals surface area contributed by atoms with Gasteiger partial charge in [-0.05, 0) is 34.9 Å². The summed E-state index contributed by atoms with van der Waals surface area (Å²) in [5.74, 6) is 5.50. The van der Waals surface area contributed by atoms with E-state index < -0.39 is 5.91 Å². The number of hydrazine groups is 1. The third kappa shape index (κ3) is 4.71. The molecule has 0 aliphatic heterocycles. The van der Waals surface area contributed by atoms with Gasteiger partial charge in [-0.3, -0.25) is 4.79 Å². The summed E-state index contributed by atoms with van der Waals surface area (Å²) in [6, 6.07) is 8.61. The molecule has 136 valence electrons. The number of nitrogens with two attached hydrogens (primary N) is 4. The van der Waals surface area contributed by atoms with E-state index in [1.165, 1.54) is 6.21 Å². The number of pyridine rings is 1. The van der Waals surface area contributed by atoms with Crippen molar-refractivity contribution in [1.82, 2.24) is 10.3 Å². The normalized spacial score (nSPS) is 11.0. The lowest BCUT2D eigenvalue weighted by molar-refractivity contribution is 0.100. The molecule has 1 aromatic heterocycles. The summed E-state index contributed by atoms with van der Waals surface area (Å²) < 4.78 is 0. The second-order valence-electron chi connectivity index (χ2n) is 5.60. The van der Waals surface area contributed by atoms with Gasteiger partial charge in [0.05, 0.1) is 5.69 Å². The van der Waals surface area contributed by atoms with Crippen LogP contribution in [0.4, 0.5) is 17.3 Å². The zero-order valence-electron chi connectivity index (χ0n) is 14.1. The molecule has 2 rings (SSSR count). The molecule has 0 atom stereocenters. The number of nitrogens with one attached hydrogen (secondary N) is 3. The number of allylic oxidation sites excluding steroid dienone is 1. The lowest BCUT2D eigenvalue weighted by Gasteiger charge is -2.11. The Bertz CT molecular complexity index is 829. The highest BCUT2D eigenvalue weighted by molar-refractivity contribution is 5.92. The van der Waals surface area contributed by atoms with Crippen LogP contribution in [-0.2, 0) is 13.0 Å². The van der Waals surface area contributed by atoms with Crippen LogP contribution in [0, 0.1) is 5.41 Å². The first kappa shape index (κ1) is 18.7. The van der Waals surface area contributed by atoms with Gasteiger partial charge in [0.15, 0.2) is 5.82 Å². The van der Waals surface area contributed by atoms with E-state index in [0.717, 1.165) is 5.56 Å². The van der Waals surface area contributed by atoms with Gasteiger partial charge in [-0.2, -0.15) is 0 Å². The molecular weight excluding hydrogens is 332 g/mol. The molecule has 11 N–H and O–H groups in total. The molecular formula is C17H22N8O. The Morgan fingerprint density at radius 1 is 1.23 bits per heavy atom. The minimum atomic E-state index is -0.462. The lowest BCUT2D eigenvalue weighted by Crippen LogP contribution is -2.14. The van der Waals surface area contributed by atoms with Gasteiger partial charge < -0.3 is 33.4 Å². The van der Waals surface area contributed by atoms with E-state index in [4.69, 9.17) is 28.5 Å². The number of hydrogen-bond acceptors (Lipinski definition) is 8. The van der Waals surface area contributed by atoms with Gasteiger partial charge in [0.1, 0.15) is 5.82 Å². The lowest BCUT2D eigenvalue weighted by atomic mass is 10.1. The summed E-state index contributed by atoms with van der Waals surface area (Å²) in [5.41, 5.74) is 22.6. The standard InChI is InChI=1S/C17H22N8O/c18-7-11(5-13-6-14(19)24-17(25-22)15(13)20)9-23-8-10-1-3-12(4-2-10)16(21)26/h1-4,6-7,9,18,23H,5,8,20,22H2,(H2,21,26)(H3,19,24,25)/b11-9-,18-7?. The molecule has 2 aromatic rings. The summed E-state index contributed by atoms with van der Waals surface area (Å²) in [6.45, 7) is 0.528. The van der Waals surface area contributed by atoms with Gasteiger partial charge in [0, 0.05) is 30.9 Å². The van der Waals surface area contributed by atoms with Crippen LogP contribution < -0.4 is 33.8 Å². The van der Waals surface area contributed by atoms with E-state index in [1.807, 2.05) is 12.1 Å². The van der Waals surface area contributed by atoms with Crippen LogP contribution in [0.2, 0.25) is 0 Å². The number of rotatable bonds is 8. The van der Waals surface area contributed by atoms with Crippen LogP contribution >= 0.6 is 0 Å². The third-order valence-corrected chi connectivity index (χ3v) is 3.71. The molecule has 1 heterocycles. The fourth-order valence-corrected chi connectivity index (χ4v) is 2.34. The van der Waals surface area contributed by atoms with Crippen LogP contribution in [0.3, 0.4) is 0 Å². The predicted molar refractivity (Wildman–Crippen MR) is 103 cm³/mol. The van der Waals surface area contributed by atoms with E-state index in [-0.39, 0.29) is 5.82 Å². The van der Waals surface area contributed by atoms with Crippen molar-refractivity contribution in [3.63, 3.8) is 0 Å². The number of hydrogen-bond donors (Lipinski definition) is 7. The molecule has 26 heavy (non-hydrogen) atoms. The number of carbonyl (C=O) groups excluding carboxylic acids is 1. The van der Waals surface area contributed by atoms with Crippen LogP contribution in [0.25, 0.3) is 0 Å². The van der Waals surface area contributed by atoms with Crippen molar-refractivity contribution in [2.45, 2.75) is 13.0 Å². The Hall–Kier alpha value is -3.59. The van der Waals surface area contributed by atoms with E-state index >= 15 is 0 Å². The van der Waals surface area contributed by atoms with Crippen molar-refractivity contribution in [2.24, 2.45) is 11.6 Å². The second kappa shape index (κ2) is 8.49. The van der Waals surface area contributed by atoms with E-state index in [1.54, 1.807) is 24.4 Å². The smallest absolute Gasteiger partial charge is 0.248 e. The molecule has 0 aliphatic carbocycles. The Morgan fingerprint density at radius 3 is 2.50 bits per heavy atom. The maximum atomic E-state index is 11.1. The molecule has 0 saturated heterocycles. The first-order valence-corrected chi connectivity index (χ1v) is 7.77. The van der Waals surface area contributed by atoms with Gasteiger partial charge in [-0.25, -0.2) is 10.8 Å². The average Bonchev–Trinajstić information content (AvgIpc) is 2.63. The number of aromatic nitrogens is 1. The Morgan fingerprint density at radius 2 is 1.92 bits per heavy atom. The van der Waals surface area contributed by atoms with E-state index in [0.29, 0.717) is 41.2 Å². The zero-order chi connectivity index (χ0) is 19.1. The highest BCUT2D eigenvalue weighted by atomic mass is 16.1. The monoisotopic (exact) mass is 354 g/mol. The Labute approximate surface area is 150 Å². The van der Waals surface area contributed by atoms with Gasteiger partial charge in [-0.15, -0.1) is 0 Å². The van der Waals surface area contributed by atoms with Crippen molar-refractivity contribution in [1.29, 1.82) is 5.41 Å². The molecule has 0 radical (unpaired) electrons. The van der Waals surface area contributed by atoms with Gasteiger partial charge in [0.25, 0.3) is 0 Å². The van der Waals surface area contributed by atoms with Crippen molar-refractivity contribution < 1.29 is 4.79 Å². The molecule has 0 bridgehead atoms. The highest BCUT2D eigenvalue weighted by Crippen LogP contribution is 2.24. The van der Waals surface area contributed by atoms with E-state index in [2.05, 4.69) is 15.7 Å². The van der Waals surface area contributed by atoms with Crippen LogP contribution in [0.15, 0.2) is 42.1 Å². The summed E-state index contributed by atoms with van der Waals surface area (Å²) >= 11 is 0. The quantitative estimate of drug-likeness (QED) is 0.204. The molecule has 9 nitrogen and oxygen atoms in total. The van der Waals surface area contributed by atoms with Crippen LogP contribution in [-0.4, -0.2) is 17.1 Å². The predicted octanol–water partition coefficient (Wildman–Crippen LogP) is 0.496. The molecule has 0 unspecified atom stereocenters. The second-order valence-corrected chi connectivity index (χ2v) is 5.60. The maximum absolute atomic E-state index is 11.1. The van der Waals surface area contributed by atoms with Crippen molar-refractivity contribution in [3.05, 3.63) is 58.8 Å². The fourth-order valence-electron chi connectivity index (χ4n) is 2.34. The van der Waals surface area contributed by atoms with Crippen LogP contribution in [0.5, 0.6) is 0 Å². The first-order valence-electron chi connectivity index (χ1n) is 7.77. The Kier molecular flexibility index (Phi) is 6.12. The molecule has 0 saturated carbocycles. The number of nitrogens with zero attached hydrogens (tertiary/aromatic N) is 1. The number of carbonyl (C=O) groups is 1. The summed E-state index contributed by atoms with van der Waals surface area (Å²) in [5, 5.41) is 10.7. The molecule has 0 aliphatic rings. The van der Waals surface area contributed by atoms with Crippen molar-refractivity contribution in [2.75, 3.05) is 16.9 Å². The SMILES string of the molecule is N=C/C(=C\NCc1ccc(C(N)=O)cc1)Cc1cc(N)nc(NN)c1N. The number of primary amides is 1. The topological polar surface area (TPSA) is 182 Å². The number of benzene rings is 1. The van der Waals surface area contributed by atoms with Crippen LogP contribution in [0.1, 0.15) is 21.5 Å². The molecule has 1 aromatic carbocycles. The fraction of sp³-hybridized carbons (Fsp3) is 0.118. The Balaban J connectivity index is 2.05. The maximum Gasteiger partial charge on any atom is 0.248 e. The minimum Gasteiger partial charge on any atom is -0.395 e. The number of anilines is 3. The first-order chi connectivity index (χ1) is 12.4. The largest absolute Gasteiger partial charge is 0.395 e. The molecule has 1 amide bonds. The van der Waals surface area contributed by atoms with Gasteiger partial charge >= 0.3 is 0 Å². The molecule has 9 heteroatoms. The highest BCUT2D eigenvalue weighted by Gasteiger charge is 2.09.